The number of aryl methyl sites for hydroxylation is 1. The molecule has 7 rings (SSSR count). The minimum absolute atomic E-state index is 0.128. The van der Waals surface area contributed by atoms with E-state index in [0.717, 1.165) is 72.8 Å². The van der Waals surface area contributed by atoms with Gasteiger partial charge in [-0.2, -0.15) is 26.3 Å². The molecule has 3 fully saturated rings. The fraction of sp³-hybridized carbons (Fsp3) is 0.583. The lowest BCUT2D eigenvalue weighted by atomic mass is 9.87. The first-order valence-corrected chi connectivity index (χ1v) is 17.4. The van der Waals surface area contributed by atoms with Gasteiger partial charge in [0.05, 0.1) is 42.4 Å². The Bertz CT molecular complexity index is 1570. The van der Waals surface area contributed by atoms with Gasteiger partial charge in [0.1, 0.15) is 5.82 Å². The fourth-order valence-corrected chi connectivity index (χ4v) is 7.03. The van der Waals surface area contributed by atoms with E-state index in [1.807, 2.05) is 0 Å². The summed E-state index contributed by atoms with van der Waals surface area (Å²) in [4.78, 5) is 20.7. The molecule has 4 aliphatic rings. The fourth-order valence-electron chi connectivity index (χ4n) is 7.03. The summed E-state index contributed by atoms with van der Waals surface area (Å²) in [7, 11) is 0. The number of pyridine rings is 1. The van der Waals surface area contributed by atoms with Crippen LogP contribution in [0.15, 0.2) is 36.7 Å². The Balaban J connectivity index is 1.29. The first-order valence-electron chi connectivity index (χ1n) is 17.4. The van der Waals surface area contributed by atoms with Crippen LogP contribution in [0.4, 0.5) is 43.8 Å². The van der Waals surface area contributed by atoms with E-state index in [0.29, 0.717) is 44.1 Å². The maximum Gasteiger partial charge on any atom is 0.416 e. The average Bonchev–Trinajstić information content (AvgIpc) is 4.02. The van der Waals surface area contributed by atoms with Crippen LogP contribution in [0.5, 0.6) is 0 Å². The predicted octanol–water partition coefficient (Wildman–Crippen LogP) is 8.02. The third-order valence-electron chi connectivity index (χ3n) is 10.1. The molecule has 264 valence electrons. The predicted molar refractivity (Wildman–Crippen MR) is 175 cm³/mol. The Morgan fingerprint density at radius 2 is 1.41 bits per heavy atom. The second kappa shape index (κ2) is 13.6. The third-order valence-corrected chi connectivity index (χ3v) is 10.1. The van der Waals surface area contributed by atoms with Gasteiger partial charge in [-0.25, -0.2) is 15.0 Å². The van der Waals surface area contributed by atoms with Crippen LogP contribution in [0.3, 0.4) is 0 Å². The molecule has 49 heavy (non-hydrogen) atoms. The smallest absolute Gasteiger partial charge is 0.378 e. The maximum atomic E-state index is 13.9. The van der Waals surface area contributed by atoms with Gasteiger partial charge < -0.3 is 19.4 Å². The van der Waals surface area contributed by atoms with Crippen molar-refractivity contribution in [3.8, 4) is 0 Å². The number of hydrogen-bond donors (Lipinski definition) is 0. The molecule has 2 aromatic heterocycles. The van der Waals surface area contributed by atoms with E-state index in [4.69, 9.17) is 9.72 Å². The van der Waals surface area contributed by atoms with Gasteiger partial charge >= 0.3 is 12.4 Å². The summed E-state index contributed by atoms with van der Waals surface area (Å²) in [5.74, 6) is 2.58. The maximum absolute atomic E-state index is 13.9. The van der Waals surface area contributed by atoms with Gasteiger partial charge in [0.15, 0.2) is 0 Å². The monoisotopic (exact) mass is 688 g/mol. The van der Waals surface area contributed by atoms with Crippen molar-refractivity contribution in [1.82, 2.24) is 15.0 Å². The Labute approximate surface area is 282 Å². The van der Waals surface area contributed by atoms with Gasteiger partial charge in [-0.3, -0.25) is 0 Å². The molecule has 1 aromatic carbocycles. The Hall–Kier alpha value is -3.61. The van der Waals surface area contributed by atoms with Crippen molar-refractivity contribution < 1.29 is 31.1 Å². The van der Waals surface area contributed by atoms with E-state index in [9.17, 15) is 26.3 Å². The number of nitrogens with zero attached hydrogens (tertiary/aromatic N) is 6. The summed E-state index contributed by atoms with van der Waals surface area (Å²) < 4.78 is 88.8. The largest absolute Gasteiger partial charge is 0.416 e. The van der Waals surface area contributed by atoms with Crippen LogP contribution >= 0.6 is 0 Å². The number of ether oxygens (including phenoxy) is 1. The number of rotatable bonds is 11. The molecule has 0 N–H and O–H groups in total. The number of aromatic nitrogens is 3. The Morgan fingerprint density at radius 3 is 1.98 bits per heavy atom. The number of anilines is 3. The number of halogens is 6. The molecule has 1 aliphatic heterocycles. The zero-order chi connectivity index (χ0) is 34.3. The lowest BCUT2D eigenvalue weighted by molar-refractivity contribution is -0.143. The average molecular weight is 689 g/mol. The van der Waals surface area contributed by atoms with Crippen LogP contribution in [0.25, 0.3) is 0 Å². The van der Waals surface area contributed by atoms with Gasteiger partial charge in [0, 0.05) is 50.5 Å². The second-order valence-corrected chi connectivity index (χ2v) is 14.2. The topological polar surface area (TPSA) is 57.6 Å². The van der Waals surface area contributed by atoms with E-state index in [-0.39, 0.29) is 30.7 Å². The SMILES string of the molecule is CC1CCCc2cc(CN(Cc3cc(C(F)(F)F)cc(C(F)(F)F)c3)c3ncc(N4CCOCC4)cn3)c(N(CC3CC3)CC3CC3)nc21. The lowest BCUT2D eigenvalue weighted by Crippen LogP contribution is -2.36. The molecule has 3 aromatic rings. The first-order chi connectivity index (χ1) is 23.4. The molecule has 0 bridgehead atoms. The molecule has 0 radical (unpaired) electrons. The van der Waals surface area contributed by atoms with Gasteiger partial charge in [0.2, 0.25) is 5.95 Å². The molecule has 3 aliphatic carbocycles. The molecule has 1 unspecified atom stereocenters. The summed E-state index contributed by atoms with van der Waals surface area (Å²) in [6.45, 7) is 6.34. The van der Waals surface area contributed by atoms with Crippen LogP contribution in [0.1, 0.15) is 84.9 Å². The van der Waals surface area contributed by atoms with E-state index in [2.05, 4.69) is 32.8 Å². The van der Waals surface area contributed by atoms with Gasteiger partial charge in [0.25, 0.3) is 0 Å². The first kappa shape index (κ1) is 33.9. The summed E-state index contributed by atoms with van der Waals surface area (Å²) >= 11 is 0. The standard InChI is InChI=1S/C36H42F6N6O/c1-23-3-2-4-27-15-28(33(45-32(23)27)47(19-24-5-6-24)20-25-7-8-25)22-48(34-43-17-31(18-44-34)46-9-11-49-12-10-46)21-26-13-29(35(37,38)39)16-30(14-26)36(40,41)42/h13-18,23-25H,2-12,19-22H2,1H3. The Kier molecular flexibility index (Phi) is 9.40. The number of morpholine rings is 1. The molecule has 7 nitrogen and oxygen atoms in total. The summed E-state index contributed by atoms with van der Waals surface area (Å²) in [6, 6.07) is 3.93. The van der Waals surface area contributed by atoms with Crippen molar-refractivity contribution in [2.75, 3.05) is 54.1 Å². The number of fused-ring (bicyclic) bond motifs is 1. The van der Waals surface area contributed by atoms with Crippen LogP contribution in [-0.4, -0.2) is 54.3 Å². The van der Waals surface area contributed by atoms with Crippen molar-refractivity contribution in [1.29, 1.82) is 0 Å². The van der Waals surface area contributed by atoms with Crippen molar-refractivity contribution in [3.63, 3.8) is 0 Å². The van der Waals surface area contributed by atoms with E-state index in [1.165, 1.54) is 25.7 Å². The van der Waals surface area contributed by atoms with Gasteiger partial charge in [-0.1, -0.05) is 6.92 Å². The molecule has 0 spiro atoms. The molecular formula is C36H42F6N6O. The summed E-state index contributed by atoms with van der Waals surface area (Å²) in [6.07, 6.45) is 1.06. The summed E-state index contributed by atoms with van der Waals surface area (Å²) in [5.41, 5.74) is 1.09. The van der Waals surface area contributed by atoms with Crippen molar-refractivity contribution in [2.24, 2.45) is 11.8 Å². The highest BCUT2D eigenvalue weighted by Gasteiger charge is 2.38. The molecule has 1 atom stereocenters. The van der Waals surface area contributed by atoms with Crippen molar-refractivity contribution in [3.05, 3.63) is 70.2 Å². The highest BCUT2D eigenvalue weighted by molar-refractivity contribution is 5.54. The number of hydrogen-bond acceptors (Lipinski definition) is 7. The van der Waals surface area contributed by atoms with Crippen molar-refractivity contribution >= 4 is 17.5 Å². The molecule has 13 heteroatoms. The molecule has 1 saturated heterocycles. The second-order valence-electron chi connectivity index (χ2n) is 14.2. The van der Waals surface area contributed by atoms with Gasteiger partial charge in [-0.05, 0) is 98.1 Å². The minimum atomic E-state index is -4.95. The Morgan fingerprint density at radius 1 is 0.796 bits per heavy atom. The summed E-state index contributed by atoms with van der Waals surface area (Å²) in [5, 5.41) is 0. The molecule has 3 heterocycles. The number of benzene rings is 1. The number of alkyl halides is 6. The van der Waals surface area contributed by atoms with E-state index >= 15 is 0 Å². The zero-order valence-electron chi connectivity index (χ0n) is 27.7. The molecular weight excluding hydrogens is 646 g/mol. The molecule has 0 amide bonds. The normalized spacial score (nSPS) is 19.9. The van der Waals surface area contributed by atoms with E-state index in [1.54, 1.807) is 17.3 Å². The van der Waals surface area contributed by atoms with Crippen LogP contribution in [-0.2, 0) is 36.6 Å². The molecule has 2 saturated carbocycles. The van der Waals surface area contributed by atoms with Gasteiger partial charge in [-0.15, -0.1) is 0 Å². The quantitative estimate of drug-likeness (QED) is 0.189. The van der Waals surface area contributed by atoms with Crippen LogP contribution in [0.2, 0.25) is 0 Å². The van der Waals surface area contributed by atoms with Crippen LogP contribution < -0.4 is 14.7 Å². The minimum Gasteiger partial charge on any atom is -0.378 e. The zero-order valence-corrected chi connectivity index (χ0v) is 27.7. The third kappa shape index (κ3) is 8.24. The van der Waals surface area contributed by atoms with Crippen molar-refractivity contribution in [2.45, 2.75) is 83.2 Å². The highest BCUT2D eigenvalue weighted by Crippen LogP contribution is 2.40. The van der Waals surface area contributed by atoms with E-state index < -0.39 is 23.5 Å². The van der Waals surface area contributed by atoms with Crippen LogP contribution in [0, 0.1) is 11.8 Å². The highest BCUT2D eigenvalue weighted by atomic mass is 19.4. The lowest BCUT2D eigenvalue weighted by Gasteiger charge is -2.32.